The van der Waals surface area contributed by atoms with Crippen molar-refractivity contribution in [3.63, 3.8) is 0 Å². The van der Waals surface area contributed by atoms with Gasteiger partial charge < -0.3 is 19.9 Å². The summed E-state index contributed by atoms with van der Waals surface area (Å²) in [5.41, 5.74) is 1.46. The highest BCUT2D eigenvalue weighted by Crippen LogP contribution is 2.29. The first-order chi connectivity index (χ1) is 20.9. The number of rotatable bonds is 20. The highest BCUT2D eigenvalue weighted by Gasteiger charge is 2.34. The van der Waals surface area contributed by atoms with Crippen LogP contribution in [0.5, 0.6) is 11.5 Å². The summed E-state index contributed by atoms with van der Waals surface area (Å²) in [5, 5.41) is 14.7. The summed E-state index contributed by atoms with van der Waals surface area (Å²) in [5.74, 6) is 1.58. The number of aliphatic hydroxyl groups is 1. The zero-order valence-electron chi connectivity index (χ0n) is 26.9. The van der Waals surface area contributed by atoms with E-state index < -0.39 is 12.1 Å². The number of aliphatic hydroxyl groups excluding tert-OH is 1. The largest absolute Gasteiger partial charge is 0.497 e. The molecule has 43 heavy (non-hydrogen) atoms. The van der Waals surface area contributed by atoms with Gasteiger partial charge in [0.1, 0.15) is 17.6 Å². The third-order valence-corrected chi connectivity index (χ3v) is 8.77. The van der Waals surface area contributed by atoms with E-state index in [4.69, 9.17) is 9.47 Å². The number of ketones is 1. The number of methoxy groups -OCH3 is 1. The smallest absolute Gasteiger partial charge is 0.220 e. The van der Waals surface area contributed by atoms with Crippen molar-refractivity contribution in [2.75, 3.05) is 20.3 Å². The van der Waals surface area contributed by atoms with Crippen LogP contribution in [0.25, 0.3) is 0 Å². The van der Waals surface area contributed by atoms with Gasteiger partial charge in [-0.3, -0.25) is 14.5 Å². The second-order valence-corrected chi connectivity index (χ2v) is 12.0. The third kappa shape index (κ3) is 11.3. The second kappa shape index (κ2) is 18.7. The molecule has 4 atom stereocenters. The molecule has 2 N–H and O–H groups in total. The maximum Gasteiger partial charge on any atom is 0.220 e. The van der Waals surface area contributed by atoms with Crippen molar-refractivity contribution >= 4 is 11.7 Å². The molecule has 0 aromatic heterocycles. The fourth-order valence-corrected chi connectivity index (χ4v) is 6.00. The predicted octanol–water partition coefficient (Wildman–Crippen LogP) is 7.27. The molecule has 0 radical (unpaired) electrons. The Kier molecular flexibility index (Phi) is 15.0. The van der Waals surface area contributed by atoms with Crippen molar-refractivity contribution in [3.05, 3.63) is 59.7 Å². The van der Waals surface area contributed by atoms with Crippen molar-refractivity contribution in [3.8, 4) is 11.5 Å². The summed E-state index contributed by atoms with van der Waals surface area (Å²) in [6.07, 6.45) is 10.2. The van der Waals surface area contributed by atoms with Gasteiger partial charge in [-0.2, -0.15) is 0 Å². The Morgan fingerprint density at radius 3 is 2.26 bits per heavy atom. The van der Waals surface area contributed by atoms with Crippen LogP contribution < -0.4 is 14.8 Å². The minimum absolute atomic E-state index is 0.0579. The van der Waals surface area contributed by atoms with E-state index in [1.165, 1.54) is 19.3 Å². The average Bonchev–Trinajstić information content (AvgIpc) is 3.38. The van der Waals surface area contributed by atoms with E-state index in [0.29, 0.717) is 50.1 Å². The summed E-state index contributed by atoms with van der Waals surface area (Å²) < 4.78 is 11.0. The van der Waals surface area contributed by atoms with Crippen molar-refractivity contribution in [2.45, 2.75) is 122 Å². The number of benzene rings is 2. The Balaban J connectivity index is 1.52. The fourth-order valence-electron chi connectivity index (χ4n) is 6.00. The second-order valence-electron chi connectivity index (χ2n) is 12.0. The molecule has 1 amide bonds. The number of unbranched alkanes of at least 4 members (excludes halogenated alkanes) is 5. The lowest BCUT2D eigenvalue weighted by molar-refractivity contribution is -0.123. The molecule has 3 rings (SSSR count). The molecule has 7 heteroatoms. The highest BCUT2D eigenvalue weighted by molar-refractivity contribution is 5.96. The van der Waals surface area contributed by atoms with Crippen molar-refractivity contribution in [1.82, 2.24) is 10.2 Å². The molecular weight excluding hydrogens is 540 g/mol. The average molecular weight is 595 g/mol. The minimum atomic E-state index is -0.824. The van der Waals surface area contributed by atoms with Gasteiger partial charge in [-0.05, 0) is 87.4 Å². The molecule has 2 aromatic carbocycles. The van der Waals surface area contributed by atoms with E-state index >= 15 is 0 Å². The SMILES string of the molecule is CCCCCCOc1ccc([C@@H](O)[C@@H](CN2C(C)CCC2CC)NC(=O)CCCCCC(=O)c2ccc(OC)cc2)cc1. The normalized spacial score (nSPS) is 18.3. The Labute approximate surface area is 259 Å². The van der Waals surface area contributed by atoms with E-state index in [9.17, 15) is 14.7 Å². The highest BCUT2D eigenvalue weighted by atomic mass is 16.5. The van der Waals surface area contributed by atoms with Crippen LogP contribution in [0.1, 0.15) is 120 Å². The zero-order chi connectivity index (χ0) is 31.0. The molecular formula is C36H54N2O5. The predicted molar refractivity (Wildman–Crippen MR) is 173 cm³/mol. The zero-order valence-corrected chi connectivity index (χ0v) is 26.9. The van der Waals surface area contributed by atoms with Crippen LogP contribution in [-0.4, -0.2) is 60.1 Å². The number of hydrogen-bond donors (Lipinski definition) is 2. The number of hydrogen-bond acceptors (Lipinski definition) is 6. The van der Waals surface area contributed by atoms with Gasteiger partial charge >= 0.3 is 0 Å². The van der Waals surface area contributed by atoms with Crippen molar-refractivity contribution < 1.29 is 24.2 Å². The molecule has 0 spiro atoms. The summed E-state index contributed by atoms with van der Waals surface area (Å²) >= 11 is 0. The van der Waals surface area contributed by atoms with Gasteiger partial charge in [-0.1, -0.05) is 51.7 Å². The standard InChI is InChI=1S/C36H54N2O5/c1-5-7-8-12-25-43-32-23-18-29(19-24-32)36(41)33(26-38-27(3)15-20-30(38)6-2)37-35(40)14-11-9-10-13-34(39)28-16-21-31(42-4)22-17-28/h16-19,21-24,27,30,33,36,41H,5-15,20,25-26H2,1-4H3,(H,37,40)/t27?,30?,33-,36-/m1/s1. The van der Waals surface area contributed by atoms with E-state index in [1.54, 1.807) is 31.4 Å². The first-order valence-corrected chi connectivity index (χ1v) is 16.5. The number of likely N-dealkylation sites (tertiary alicyclic amines) is 1. The molecule has 0 saturated carbocycles. The van der Waals surface area contributed by atoms with Crippen LogP contribution in [0.15, 0.2) is 48.5 Å². The Morgan fingerprint density at radius 2 is 1.58 bits per heavy atom. The van der Waals surface area contributed by atoms with E-state index in [-0.39, 0.29) is 11.7 Å². The molecule has 1 aliphatic rings. The lowest BCUT2D eigenvalue weighted by atomic mass is 10.00. The molecule has 1 fully saturated rings. The first-order valence-electron chi connectivity index (χ1n) is 16.5. The van der Waals surface area contributed by atoms with Gasteiger partial charge in [0.05, 0.1) is 19.8 Å². The number of nitrogens with zero attached hydrogens (tertiary/aromatic N) is 1. The number of carbonyl (C=O) groups excluding carboxylic acids is 2. The molecule has 2 aromatic rings. The van der Waals surface area contributed by atoms with Gasteiger partial charge in [0.15, 0.2) is 5.78 Å². The minimum Gasteiger partial charge on any atom is -0.497 e. The van der Waals surface area contributed by atoms with Gasteiger partial charge in [-0.15, -0.1) is 0 Å². The number of Topliss-reactive ketones (excluding diaryl/α,β-unsaturated/α-hetero) is 1. The van der Waals surface area contributed by atoms with Gasteiger partial charge in [0.25, 0.3) is 0 Å². The maximum atomic E-state index is 13.1. The third-order valence-electron chi connectivity index (χ3n) is 8.77. The molecule has 1 saturated heterocycles. The van der Waals surface area contributed by atoms with Crippen LogP contribution in [0.4, 0.5) is 0 Å². The van der Waals surface area contributed by atoms with Crippen LogP contribution in [-0.2, 0) is 4.79 Å². The number of nitrogens with one attached hydrogen (secondary N) is 1. The van der Waals surface area contributed by atoms with E-state index in [1.807, 2.05) is 24.3 Å². The maximum absolute atomic E-state index is 13.1. The fraction of sp³-hybridized carbons (Fsp3) is 0.611. The molecule has 0 aliphatic carbocycles. The molecule has 1 aliphatic heterocycles. The molecule has 7 nitrogen and oxygen atoms in total. The van der Waals surface area contributed by atoms with Crippen LogP contribution in [0.2, 0.25) is 0 Å². The number of ether oxygens (including phenoxy) is 2. The van der Waals surface area contributed by atoms with E-state index in [2.05, 4.69) is 31.0 Å². The van der Waals surface area contributed by atoms with Crippen LogP contribution >= 0.6 is 0 Å². The summed E-state index contributed by atoms with van der Waals surface area (Å²) in [7, 11) is 1.61. The van der Waals surface area contributed by atoms with Crippen LogP contribution in [0.3, 0.4) is 0 Å². The van der Waals surface area contributed by atoms with Gasteiger partial charge in [0.2, 0.25) is 5.91 Å². The molecule has 1 heterocycles. The molecule has 238 valence electrons. The summed E-state index contributed by atoms with van der Waals surface area (Å²) in [6.45, 7) is 7.95. The van der Waals surface area contributed by atoms with E-state index in [0.717, 1.165) is 55.6 Å². The topological polar surface area (TPSA) is 88.1 Å². The molecule has 2 unspecified atom stereocenters. The monoisotopic (exact) mass is 594 g/mol. The number of amides is 1. The lowest BCUT2D eigenvalue weighted by Gasteiger charge is -2.34. The summed E-state index contributed by atoms with van der Waals surface area (Å²) in [6, 6.07) is 15.3. The number of carbonyl (C=O) groups is 2. The van der Waals surface area contributed by atoms with Crippen molar-refractivity contribution in [1.29, 1.82) is 0 Å². The van der Waals surface area contributed by atoms with Gasteiger partial charge in [0, 0.05) is 37.0 Å². The quantitative estimate of drug-likeness (QED) is 0.124. The Bertz CT molecular complexity index is 1090. The Hall–Kier alpha value is -2.90. The van der Waals surface area contributed by atoms with Gasteiger partial charge in [-0.25, -0.2) is 0 Å². The molecule has 0 bridgehead atoms. The Morgan fingerprint density at radius 1 is 0.907 bits per heavy atom. The first kappa shape index (κ1) is 34.6. The van der Waals surface area contributed by atoms with Crippen LogP contribution in [0, 0.1) is 0 Å². The lowest BCUT2D eigenvalue weighted by Crippen LogP contribution is -2.50. The summed E-state index contributed by atoms with van der Waals surface area (Å²) in [4.78, 5) is 28.0. The van der Waals surface area contributed by atoms with Crippen molar-refractivity contribution in [2.24, 2.45) is 0 Å².